The Hall–Kier alpha value is -1.35. The van der Waals surface area contributed by atoms with Gasteiger partial charge in [-0.05, 0) is 77.3 Å². The molecule has 1 heterocycles. The van der Waals surface area contributed by atoms with Crippen molar-refractivity contribution in [2.45, 2.75) is 59.5 Å². The summed E-state index contributed by atoms with van der Waals surface area (Å²) in [5, 5.41) is 3.53. The van der Waals surface area contributed by atoms with Gasteiger partial charge < -0.3 is 9.88 Å². The van der Waals surface area contributed by atoms with Gasteiger partial charge in [-0.15, -0.1) is 0 Å². The highest BCUT2D eigenvalue weighted by Crippen LogP contribution is 2.18. The van der Waals surface area contributed by atoms with Crippen LogP contribution in [0.1, 0.15) is 44.7 Å². The largest absolute Gasteiger partial charge is 0.331 e. The summed E-state index contributed by atoms with van der Waals surface area (Å²) in [6.07, 6.45) is 4.35. The molecule has 0 fully saturated rings. The smallest absolute Gasteiger partial charge is 0.0958 e. The molecule has 2 aromatic rings. The van der Waals surface area contributed by atoms with Crippen molar-refractivity contribution >= 4 is 11.0 Å². The Morgan fingerprint density at radius 3 is 2.50 bits per heavy atom. The van der Waals surface area contributed by atoms with Gasteiger partial charge in [-0.2, -0.15) is 0 Å². The average molecular weight is 273 g/mol. The monoisotopic (exact) mass is 273 g/mol. The molecule has 0 saturated carbocycles. The summed E-state index contributed by atoms with van der Waals surface area (Å²) in [6, 6.07) is 4.44. The first-order chi connectivity index (χ1) is 9.37. The Labute approximate surface area is 122 Å². The number of aromatic nitrogens is 2. The number of hydrogen-bond acceptors (Lipinski definition) is 2. The third-order valence-electron chi connectivity index (χ3n) is 3.72. The van der Waals surface area contributed by atoms with E-state index in [1.165, 1.54) is 29.5 Å². The molecule has 0 amide bonds. The van der Waals surface area contributed by atoms with Crippen LogP contribution in [0.4, 0.5) is 0 Å². The highest BCUT2D eigenvalue weighted by atomic mass is 15.0. The number of rotatable bonds is 5. The van der Waals surface area contributed by atoms with E-state index in [0.717, 1.165) is 18.6 Å². The molecule has 1 aromatic heterocycles. The Kier molecular flexibility index (Phi) is 4.48. The van der Waals surface area contributed by atoms with Crippen molar-refractivity contribution in [3.8, 4) is 0 Å². The van der Waals surface area contributed by atoms with Crippen molar-refractivity contribution in [2.24, 2.45) is 0 Å². The molecular weight excluding hydrogens is 246 g/mol. The predicted octanol–water partition coefficient (Wildman–Crippen LogP) is 3.82. The van der Waals surface area contributed by atoms with Gasteiger partial charge in [-0.1, -0.05) is 0 Å². The second kappa shape index (κ2) is 5.96. The van der Waals surface area contributed by atoms with Crippen LogP contribution in [-0.2, 0) is 6.54 Å². The third kappa shape index (κ3) is 3.83. The molecule has 0 atom stereocenters. The van der Waals surface area contributed by atoms with Crippen LogP contribution in [0.5, 0.6) is 0 Å². The molecule has 0 aliphatic rings. The summed E-state index contributed by atoms with van der Waals surface area (Å²) in [6.45, 7) is 13.1. The Morgan fingerprint density at radius 1 is 1.10 bits per heavy atom. The van der Waals surface area contributed by atoms with Gasteiger partial charge in [-0.25, -0.2) is 4.98 Å². The quantitative estimate of drug-likeness (QED) is 0.839. The van der Waals surface area contributed by atoms with E-state index in [-0.39, 0.29) is 5.54 Å². The van der Waals surface area contributed by atoms with Crippen LogP contribution < -0.4 is 5.32 Å². The van der Waals surface area contributed by atoms with Gasteiger partial charge in [0.1, 0.15) is 0 Å². The molecule has 2 rings (SSSR count). The standard InChI is InChI=1S/C17H27N3/c1-13-10-15-16(11-14(13)2)20(12-18-15)9-7-6-8-19-17(3,4)5/h10-12,19H,6-9H2,1-5H3. The van der Waals surface area contributed by atoms with Gasteiger partial charge in [0, 0.05) is 12.1 Å². The molecule has 0 radical (unpaired) electrons. The van der Waals surface area contributed by atoms with Crippen LogP contribution in [0.25, 0.3) is 11.0 Å². The van der Waals surface area contributed by atoms with Gasteiger partial charge in [-0.3, -0.25) is 0 Å². The van der Waals surface area contributed by atoms with Crippen LogP contribution in [-0.4, -0.2) is 21.6 Å². The number of nitrogens with zero attached hydrogens (tertiary/aromatic N) is 2. The second-order valence-corrected chi connectivity index (χ2v) is 6.75. The molecular formula is C17H27N3. The number of nitrogens with one attached hydrogen (secondary N) is 1. The zero-order valence-electron chi connectivity index (χ0n) is 13.5. The van der Waals surface area contributed by atoms with E-state index < -0.39 is 0 Å². The first kappa shape index (κ1) is 15.0. The topological polar surface area (TPSA) is 29.9 Å². The molecule has 20 heavy (non-hydrogen) atoms. The van der Waals surface area contributed by atoms with Crippen molar-refractivity contribution in [3.05, 3.63) is 29.6 Å². The summed E-state index contributed by atoms with van der Waals surface area (Å²) in [5.41, 5.74) is 5.25. The summed E-state index contributed by atoms with van der Waals surface area (Å²) >= 11 is 0. The molecule has 3 heteroatoms. The molecule has 0 aliphatic carbocycles. The summed E-state index contributed by atoms with van der Waals surface area (Å²) in [5.74, 6) is 0. The number of unbranched alkanes of at least 4 members (excludes halogenated alkanes) is 1. The maximum atomic E-state index is 4.51. The van der Waals surface area contributed by atoms with Crippen molar-refractivity contribution < 1.29 is 0 Å². The van der Waals surface area contributed by atoms with E-state index in [1.807, 2.05) is 6.33 Å². The maximum absolute atomic E-state index is 4.51. The molecule has 0 saturated heterocycles. The maximum Gasteiger partial charge on any atom is 0.0958 e. The lowest BCUT2D eigenvalue weighted by Gasteiger charge is -2.20. The molecule has 0 spiro atoms. The van der Waals surface area contributed by atoms with E-state index in [0.29, 0.717) is 0 Å². The van der Waals surface area contributed by atoms with Gasteiger partial charge in [0.25, 0.3) is 0 Å². The van der Waals surface area contributed by atoms with E-state index in [4.69, 9.17) is 0 Å². The van der Waals surface area contributed by atoms with Crippen molar-refractivity contribution in [2.75, 3.05) is 6.54 Å². The lowest BCUT2D eigenvalue weighted by atomic mass is 10.1. The normalized spacial score (nSPS) is 12.2. The minimum Gasteiger partial charge on any atom is -0.331 e. The van der Waals surface area contributed by atoms with Crippen LogP contribution in [0.2, 0.25) is 0 Å². The first-order valence-electron chi connectivity index (χ1n) is 7.54. The van der Waals surface area contributed by atoms with E-state index in [9.17, 15) is 0 Å². The van der Waals surface area contributed by atoms with Gasteiger partial charge in [0.15, 0.2) is 0 Å². The SMILES string of the molecule is Cc1cc2ncn(CCCCNC(C)(C)C)c2cc1C. The van der Waals surface area contributed by atoms with Gasteiger partial charge in [0.2, 0.25) is 0 Å². The lowest BCUT2D eigenvalue weighted by molar-refractivity contribution is 0.414. The fourth-order valence-corrected chi connectivity index (χ4v) is 2.36. The van der Waals surface area contributed by atoms with E-state index >= 15 is 0 Å². The third-order valence-corrected chi connectivity index (χ3v) is 3.72. The Bertz CT molecular complexity index is 576. The number of imidazole rings is 1. The van der Waals surface area contributed by atoms with Crippen molar-refractivity contribution in [3.63, 3.8) is 0 Å². The fourth-order valence-electron chi connectivity index (χ4n) is 2.36. The molecule has 0 aliphatic heterocycles. The first-order valence-corrected chi connectivity index (χ1v) is 7.54. The Morgan fingerprint density at radius 2 is 1.80 bits per heavy atom. The fraction of sp³-hybridized carbons (Fsp3) is 0.588. The summed E-state index contributed by atoms with van der Waals surface area (Å²) < 4.78 is 2.28. The van der Waals surface area contributed by atoms with Crippen LogP contribution in [0.15, 0.2) is 18.5 Å². The van der Waals surface area contributed by atoms with Crippen LogP contribution in [0, 0.1) is 13.8 Å². The second-order valence-electron chi connectivity index (χ2n) is 6.75. The average Bonchev–Trinajstić information content (AvgIpc) is 2.71. The minimum absolute atomic E-state index is 0.219. The molecule has 3 nitrogen and oxygen atoms in total. The molecule has 0 bridgehead atoms. The minimum atomic E-state index is 0.219. The number of aryl methyl sites for hydroxylation is 3. The number of fused-ring (bicyclic) bond motifs is 1. The highest BCUT2D eigenvalue weighted by molar-refractivity contribution is 5.77. The zero-order chi connectivity index (χ0) is 14.8. The van der Waals surface area contributed by atoms with E-state index in [1.54, 1.807) is 0 Å². The van der Waals surface area contributed by atoms with Crippen LogP contribution >= 0.6 is 0 Å². The zero-order valence-corrected chi connectivity index (χ0v) is 13.5. The predicted molar refractivity (Wildman–Crippen MR) is 86.2 cm³/mol. The summed E-state index contributed by atoms with van der Waals surface area (Å²) in [7, 11) is 0. The number of benzene rings is 1. The summed E-state index contributed by atoms with van der Waals surface area (Å²) in [4.78, 5) is 4.51. The van der Waals surface area contributed by atoms with Gasteiger partial charge in [0.05, 0.1) is 17.4 Å². The van der Waals surface area contributed by atoms with Gasteiger partial charge >= 0.3 is 0 Å². The molecule has 1 N–H and O–H groups in total. The van der Waals surface area contributed by atoms with Crippen molar-refractivity contribution in [1.29, 1.82) is 0 Å². The highest BCUT2D eigenvalue weighted by Gasteiger charge is 2.08. The molecule has 0 unspecified atom stereocenters. The van der Waals surface area contributed by atoms with Crippen LogP contribution in [0.3, 0.4) is 0 Å². The van der Waals surface area contributed by atoms with Crippen molar-refractivity contribution in [1.82, 2.24) is 14.9 Å². The molecule has 1 aromatic carbocycles. The molecule has 110 valence electrons. The number of hydrogen-bond donors (Lipinski definition) is 1. The Balaban J connectivity index is 1.92. The van der Waals surface area contributed by atoms with E-state index in [2.05, 4.69) is 61.6 Å². The lowest BCUT2D eigenvalue weighted by Crippen LogP contribution is -2.36.